The van der Waals surface area contributed by atoms with Crippen LogP contribution in [0.25, 0.3) is 16.8 Å². The lowest BCUT2D eigenvalue weighted by atomic mass is 9.95. The number of hydrogen-bond acceptors (Lipinski definition) is 4. The average molecular weight is 334 g/mol. The molecule has 128 valence electrons. The topological polar surface area (TPSA) is 73.0 Å². The highest BCUT2D eigenvalue weighted by molar-refractivity contribution is 5.74. The molecule has 0 bridgehead atoms. The molecular formula is C19H22N6. The summed E-state index contributed by atoms with van der Waals surface area (Å²) in [5.41, 5.74) is 4.27. The molecule has 0 amide bonds. The first-order valence-electron chi connectivity index (χ1n) is 9.14. The zero-order chi connectivity index (χ0) is 17.0. The monoisotopic (exact) mass is 334 g/mol. The lowest BCUT2D eigenvalue weighted by Gasteiger charge is -2.37. The summed E-state index contributed by atoms with van der Waals surface area (Å²) in [6.45, 7) is 5.42. The number of fused-ring (bicyclic) bond motifs is 3. The Bertz CT molecular complexity index is 957. The highest BCUT2D eigenvalue weighted by atomic mass is 15.2. The number of rotatable bonds is 3. The van der Waals surface area contributed by atoms with Crippen molar-refractivity contribution in [1.82, 2.24) is 24.3 Å². The molecule has 6 heteroatoms. The second-order valence-corrected chi connectivity index (χ2v) is 7.81. The van der Waals surface area contributed by atoms with Gasteiger partial charge in [-0.3, -0.25) is 4.40 Å². The van der Waals surface area contributed by atoms with Gasteiger partial charge in [0.25, 0.3) is 0 Å². The second-order valence-electron chi connectivity index (χ2n) is 7.81. The van der Waals surface area contributed by atoms with Gasteiger partial charge < -0.3 is 9.88 Å². The summed E-state index contributed by atoms with van der Waals surface area (Å²) < 4.78 is 2.28. The molecule has 0 radical (unpaired) electrons. The second kappa shape index (κ2) is 5.57. The van der Waals surface area contributed by atoms with Crippen molar-refractivity contribution in [3.63, 3.8) is 0 Å². The van der Waals surface area contributed by atoms with Crippen molar-refractivity contribution < 1.29 is 0 Å². The largest absolute Gasteiger partial charge is 0.345 e. The smallest absolute Gasteiger partial charge is 0.156 e. The third-order valence-electron chi connectivity index (χ3n) is 6.09. The summed E-state index contributed by atoms with van der Waals surface area (Å²) in [6.07, 6.45) is 8.30. The molecule has 3 aromatic rings. The van der Waals surface area contributed by atoms with Crippen molar-refractivity contribution in [2.75, 3.05) is 19.6 Å². The van der Waals surface area contributed by atoms with E-state index in [0.29, 0.717) is 17.8 Å². The van der Waals surface area contributed by atoms with Crippen LogP contribution in [0, 0.1) is 29.1 Å². The SMILES string of the molecule is C[C@@H]1C[C@@H](CN2CC(C#N)C2)CC1c1cnc2cnc3[nH]ccc3n12. The standard InChI is InChI=1S/C19H22N6/c1-12-4-13(9-24-10-14(6-20)11-24)5-15(12)17-7-22-18-8-23-19-16(25(17)18)2-3-21-19/h2-3,7-8,12-15,21H,4-5,9-11H2,1H3/t12-,13-,15?/m1/s1. The molecule has 2 fully saturated rings. The van der Waals surface area contributed by atoms with E-state index >= 15 is 0 Å². The maximum Gasteiger partial charge on any atom is 0.156 e. The van der Waals surface area contributed by atoms with E-state index < -0.39 is 0 Å². The van der Waals surface area contributed by atoms with Gasteiger partial charge >= 0.3 is 0 Å². The molecule has 1 aliphatic carbocycles. The molecule has 1 saturated carbocycles. The van der Waals surface area contributed by atoms with Gasteiger partial charge in [-0.1, -0.05) is 6.92 Å². The van der Waals surface area contributed by atoms with Crippen LogP contribution in [0.1, 0.15) is 31.4 Å². The normalized spacial score (nSPS) is 27.8. The third-order valence-corrected chi connectivity index (χ3v) is 6.09. The summed E-state index contributed by atoms with van der Waals surface area (Å²) in [6, 6.07) is 4.45. The predicted octanol–water partition coefficient (Wildman–Crippen LogP) is 2.80. The molecule has 0 aromatic carbocycles. The molecule has 4 heterocycles. The molecule has 5 rings (SSSR count). The van der Waals surface area contributed by atoms with Crippen LogP contribution >= 0.6 is 0 Å². The lowest BCUT2D eigenvalue weighted by molar-refractivity contribution is 0.112. The molecule has 1 saturated heterocycles. The third kappa shape index (κ3) is 2.34. The number of imidazole rings is 1. The first kappa shape index (κ1) is 14.9. The number of nitrogens with zero attached hydrogens (tertiary/aromatic N) is 5. The Kier molecular flexibility index (Phi) is 3.32. The Labute approximate surface area is 146 Å². The van der Waals surface area contributed by atoms with Gasteiger partial charge in [-0.25, -0.2) is 9.97 Å². The number of nitrogens with one attached hydrogen (secondary N) is 1. The summed E-state index contributed by atoms with van der Waals surface area (Å²) in [5, 5.41) is 8.95. The van der Waals surface area contributed by atoms with Crippen molar-refractivity contribution in [2.24, 2.45) is 17.8 Å². The van der Waals surface area contributed by atoms with Crippen LogP contribution in [0.5, 0.6) is 0 Å². The van der Waals surface area contributed by atoms with Crippen molar-refractivity contribution in [1.29, 1.82) is 5.26 Å². The minimum atomic E-state index is 0.253. The molecule has 25 heavy (non-hydrogen) atoms. The molecular weight excluding hydrogens is 312 g/mol. The van der Waals surface area contributed by atoms with Crippen molar-refractivity contribution in [3.05, 3.63) is 30.4 Å². The van der Waals surface area contributed by atoms with Gasteiger partial charge in [0.15, 0.2) is 11.3 Å². The average Bonchev–Trinajstić information content (AvgIpc) is 3.26. The van der Waals surface area contributed by atoms with Gasteiger partial charge in [-0.15, -0.1) is 0 Å². The fourth-order valence-corrected chi connectivity index (χ4v) is 4.86. The van der Waals surface area contributed by atoms with Gasteiger partial charge in [0.1, 0.15) is 0 Å². The first-order chi connectivity index (χ1) is 12.2. The van der Waals surface area contributed by atoms with E-state index in [1.165, 1.54) is 18.5 Å². The summed E-state index contributed by atoms with van der Waals surface area (Å²) in [4.78, 5) is 14.7. The van der Waals surface area contributed by atoms with Crippen LogP contribution in [0.3, 0.4) is 0 Å². The minimum absolute atomic E-state index is 0.253. The van der Waals surface area contributed by atoms with E-state index in [-0.39, 0.29) is 5.92 Å². The summed E-state index contributed by atoms with van der Waals surface area (Å²) in [7, 11) is 0. The Balaban J connectivity index is 1.41. The molecule has 1 unspecified atom stereocenters. The van der Waals surface area contributed by atoms with Gasteiger partial charge in [0.05, 0.1) is 23.7 Å². The van der Waals surface area contributed by atoms with E-state index in [1.807, 2.05) is 18.6 Å². The molecule has 6 nitrogen and oxygen atoms in total. The Hall–Kier alpha value is -2.39. The van der Waals surface area contributed by atoms with E-state index in [1.54, 1.807) is 0 Å². The molecule has 3 aromatic heterocycles. The molecule has 1 aliphatic heterocycles. The van der Waals surface area contributed by atoms with Crippen LogP contribution < -0.4 is 0 Å². The van der Waals surface area contributed by atoms with Crippen LogP contribution in [-0.4, -0.2) is 43.9 Å². The van der Waals surface area contributed by atoms with Crippen LogP contribution in [0.4, 0.5) is 0 Å². The number of nitriles is 1. The van der Waals surface area contributed by atoms with Crippen molar-refractivity contribution in [3.8, 4) is 6.07 Å². The van der Waals surface area contributed by atoms with E-state index in [4.69, 9.17) is 5.26 Å². The van der Waals surface area contributed by atoms with Crippen molar-refractivity contribution >= 4 is 16.8 Å². The number of aromatic nitrogens is 4. The highest BCUT2D eigenvalue weighted by Gasteiger charge is 2.37. The predicted molar refractivity (Wildman–Crippen MR) is 95.0 cm³/mol. The number of H-pyrrole nitrogens is 1. The number of hydrogen-bond donors (Lipinski definition) is 1. The van der Waals surface area contributed by atoms with Gasteiger partial charge in [-0.2, -0.15) is 5.26 Å². The molecule has 3 atom stereocenters. The summed E-state index contributed by atoms with van der Waals surface area (Å²) in [5.74, 6) is 2.16. The number of likely N-dealkylation sites (tertiary alicyclic amines) is 1. The molecule has 1 N–H and O–H groups in total. The van der Waals surface area contributed by atoms with E-state index in [2.05, 4.69) is 43.3 Å². The van der Waals surface area contributed by atoms with Crippen LogP contribution in [0.15, 0.2) is 24.7 Å². The van der Waals surface area contributed by atoms with Gasteiger partial charge in [0, 0.05) is 43.6 Å². The van der Waals surface area contributed by atoms with E-state index in [9.17, 15) is 0 Å². The van der Waals surface area contributed by atoms with Crippen LogP contribution in [0.2, 0.25) is 0 Å². The molecule has 0 spiro atoms. The van der Waals surface area contributed by atoms with E-state index in [0.717, 1.165) is 36.4 Å². The van der Waals surface area contributed by atoms with Gasteiger partial charge in [0.2, 0.25) is 0 Å². The lowest BCUT2D eigenvalue weighted by Crippen LogP contribution is -2.47. The maximum absolute atomic E-state index is 8.95. The van der Waals surface area contributed by atoms with Gasteiger partial charge in [-0.05, 0) is 30.7 Å². The van der Waals surface area contributed by atoms with Crippen molar-refractivity contribution in [2.45, 2.75) is 25.7 Å². The Morgan fingerprint density at radius 1 is 1.28 bits per heavy atom. The molecule has 2 aliphatic rings. The summed E-state index contributed by atoms with van der Waals surface area (Å²) >= 11 is 0. The number of aromatic amines is 1. The zero-order valence-electron chi connectivity index (χ0n) is 14.4. The minimum Gasteiger partial charge on any atom is -0.345 e. The zero-order valence-corrected chi connectivity index (χ0v) is 14.4. The quantitative estimate of drug-likeness (QED) is 0.799. The first-order valence-corrected chi connectivity index (χ1v) is 9.14. The van der Waals surface area contributed by atoms with Crippen LogP contribution in [-0.2, 0) is 0 Å². The highest BCUT2D eigenvalue weighted by Crippen LogP contribution is 2.44. The Morgan fingerprint density at radius 3 is 3.00 bits per heavy atom. The maximum atomic E-state index is 8.95. The fraction of sp³-hybridized carbons (Fsp3) is 0.526. The fourth-order valence-electron chi connectivity index (χ4n) is 4.86. The Morgan fingerprint density at radius 2 is 2.16 bits per heavy atom.